The number of para-hydroxylation sites is 1. The fraction of sp³-hybridized carbons (Fsp3) is 0.467. The first-order valence-electron chi connectivity index (χ1n) is 7.09. The second-order valence-corrected chi connectivity index (χ2v) is 5.40. The van der Waals surface area contributed by atoms with Crippen LogP contribution in [0.5, 0.6) is 0 Å². The van der Waals surface area contributed by atoms with E-state index in [-0.39, 0.29) is 11.9 Å². The zero-order valence-corrected chi connectivity index (χ0v) is 11.9. The van der Waals surface area contributed by atoms with E-state index >= 15 is 0 Å². The molecule has 0 spiro atoms. The molecule has 2 N–H and O–H groups in total. The smallest absolute Gasteiger partial charge is 0.237 e. The van der Waals surface area contributed by atoms with Crippen molar-refractivity contribution in [1.82, 2.24) is 20.2 Å². The molecule has 1 aliphatic rings. The quantitative estimate of drug-likeness (QED) is 0.884. The Morgan fingerprint density at radius 3 is 3.10 bits per heavy atom. The van der Waals surface area contributed by atoms with Crippen molar-refractivity contribution in [3.8, 4) is 0 Å². The zero-order valence-electron chi connectivity index (χ0n) is 11.9. The van der Waals surface area contributed by atoms with Gasteiger partial charge < -0.3 is 15.2 Å². The number of nitrogens with zero attached hydrogens (tertiary/aromatic N) is 2. The van der Waals surface area contributed by atoms with Crippen LogP contribution in [0.15, 0.2) is 18.2 Å². The molecule has 2 heterocycles. The highest BCUT2D eigenvalue weighted by Gasteiger charge is 2.22. The average Bonchev–Trinajstić information content (AvgIpc) is 3.05. The van der Waals surface area contributed by atoms with Crippen molar-refractivity contribution < 1.29 is 4.79 Å². The number of aromatic nitrogens is 2. The molecule has 2 aromatic rings. The van der Waals surface area contributed by atoms with Crippen molar-refractivity contribution in [1.29, 1.82) is 0 Å². The van der Waals surface area contributed by atoms with Gasteiger partial charge in [0, 0.05) is 7.05 Å². The first-order valence-corrected chi connectivity index (χ1v) is 7.09. The molecule has 106 valence electrons. The van der Waals surface area contributed by atoms with Crippen LogP contribution in [0.2, 0.25) is 0 Å². The lowest BCUT2D eigenvalue weighted by atomic mass is 10.2. The summed E-state index contributed by atoms with van der Waals surface area (Å²) in [6.07, 6.45) is 2.00. The minimum Gasteiger partial charge on any atom is -0.348 e. The van der Waals surface area contributed by atoms with Gasteiger partial charge in [-0.1, -0.05) is 12.1 Å². The van der Waals surface area contributed by atoms with Crippen LogP contribution in [0.1, 0.15) is 24.2 Å². The predicted octanol–water partition coefficient (Wildman–Crippen LogP) is 1.25. The first kappa shape index (κ1) is 13.1. The monoisotopic (exact) mass is 272 g/mol. The number of aryl methyl sites for hydroxylation is 2. The number of carbonyl (C=O) groups excluding carboxylic acids is 1. The second kappa shape index (κ2) is 5.25. The summed E-state index contributed by atoms with van der Waals surface area (Å²) >= 11 is 0. The number of carbonyl (C=O) groups is 1. The fourth-order valence-electron chi connectivity index (χ4n) is 2.87. The lowest BCUT2D eigenvalue weighted by Crippen LogP contribution is -2.40. The van der Waals surface area contributed by atoms with Crippen LogP contribution in [0.3, 0.4) is 0 Å². The van der Waals surface area contributed by atoms with E-state index in [0.717, 1.165) is 36.2 Å². The van der Waals surface area contributed by atoms with Gasteiger partial charge in [0.1, 0.15) is 5.82 Å². The molecule has 0 bridgehead atoms. The van der Waals surface area contributed by atoms with Crippen molar-refractivity contribution in [2.45, 2.75) is 32.4 Å². The van der Waals surface area contributed by atoms with Crippen LogP contribution in [-0.4, -0.2) is 28.0 Å². The minimum absolute atomic E-state index is 0.0357. The third kappa shape index (κ3) is 2.29. The molecule has 1 unspecified atom stereocenters. The van der Waals surface area contributed by atoms with Crippen LogP contribution >= 0.6 is 0 Å². The van der Waals surface area contributed by atoms with Crippen molar-refractivity contribution in [2.24, 2.45) is 7.05 Å². The van der Waals surface area contributed by atoms with Gasteiger partial charge in [0.15, 0.2) is 0 Å². The fourth-order valence-corrected chi connectivity index (χ4v) is 2.87. The number of amides is 1. The molecular formula is C15H20N4O. The van der Waals surface area contributed by atoms with Crippen molar-refractivity contribution >= 4 is 16.9 Å². The summed E-state index contributed by atoms with van der Waals surface area (Å²) in [5.41, 5.74) is 3.32. The van der Waals surface area contributed by atoms with E-state index in [1.165, 1.54) is 5.56 Å². The molecule has 1 aromatic carbocycles. The maximum absolute atomic E-state index is 12.0. The lowest BCUT2D eigenvalue weighted by Gasteiger charge is -2.11. The molecule has 1 aromatic heterocycles. The van der Waals surface area contributed by atoms with Crippen molar-refractivity contribution in [3.63, 3.8) is 0 Å². The highest BCUT2D eigenvalue weighted by atomic mass is 16.2. The van der Waals surface area contributed by atoms with Gasteiger partial charge >= 0.3 is 0 Å². The Balaban J connectivity index is 1.76. The Labute approximate surface area is 118 Å². The van der Waals surface area contributed by atoms with Crippen LogP contribution in [0.4, 0.5) is 0 Å². The molecule has 0 radical (unpaired) electrons. The third-order valence-corrected chi connectivity index (χ3v) is 3.99. The van der Waals surface area contributed by atoms with Crippen molar-refractivity contribution in [2.75, 3.05) is 6.54 Å². The number of benzene rings is 1. The topological polar surface area (TPSA) is 59.0 Å². The molecule has 5 heteroatoms. The number of fused-ring (bicyclic) bond motifs is 1. The molecular weight excluding hydrogens is 252 g/mol. The number of imidazole rings is 1. The number of hydrogen-bond donors (Lipinski definition) is 2. The lowest BCUT2D eigenvalue weighted by molar-refractivity contribution is -0.123. The molecule has 1 fully saturated rings. The molecule has 1 aliphatic heterocycles. The standard InChI is InChI=1S/C15H20N4O/c1-10-5-3-6-11-14(10)19(2)13(18-11)9-17-15(20)12-7-4-8-16-12/h3,5-6,12,16H,4,7-9H2,1-2H3,(H,17,20). The van der Waals surface area contributed by atoms with E-state index in [4.69, 9.17) is 0 Å². The molecule has 0 saturated carbocycles. The Hall–Kier alpha value is -1.88. The summed E-state index contributed by atoms with van der Waals surface area (Å²) in [5, 5.41) is 6.18. The van der Waals surface area contributed by atoms with Crippen LogP contribution in [0.25, 0.3) is 11.0 Å². The molecule has 3 rings (SSSR count). The van der Waals surface area contributed by atoms with Crippen LogP contribution in [-0.2, 0) is 18.4 Å². The highest BCUT2D eigenvalue weighted by Crippen LogP contribution is 2.18. The Morgan fingerprint density at radius 2 is 2.40 bits per heavy atom. The van der Waals surface area contributed by atoms with Gasteiger partial charge in [0.25, 0.3) is 0 Å². The normalized spacial score (nSPS) is 18.6. The largest absolute Gasteiger partial charge is 0.348 e. The number of hydrogen-bond acceptors (Lipinski definition) is 3. The molecule has 20 heavy (non-hydrogen) atoms. The maximum Gasteiger partial charge on any atom is 0.237 e. The number of rotatable bonds is 3. The van der Waals surface area contributed by atoms with E-state index < -0.39 is 0 Å². The van der Waals surface area contributed by atoms with Crippen molar-refractivity contribution in [3.05, 3.63) is 29.6 Å². The Morgan fingerprint density at radius 1 is 1.55 bits per heavy atom. The number of nitrogens with one attached hydrogen (secondary N) is 2. The average molecular weight is 272 g/mol. The zero-order chi connectivity index (χ0) is 14.1. The van der Waals surface area contributed by atoms with Gasteiger partial charge in [-0.25, -0.2) is 4.98 Å². The Bertz CT molecular complexity index is 641. The molecule has 1 saturated heterocycles. The molecule has 1 atom stereocenters. The third-order valence-electron chi connectivity index (χ3n) is 3.99. The van der Waals surface area contributed by atoms with Gasteiger partial charge in [-0.2, -0.15) is 0 Å². The van der Waals surface area contributed by atoms with E-state index in [1.54, 1.807) is 0 Å². The van der Waals surface area contributed by atoms with Crippen LogP contribution < -0.4 is 10.6 Å². The minimum atomic E-state index is -0.0357. The van der Waals surface area contributed by atoms with E-state index in [9.17, 15) is 4.79 Å². The highest BCUT2D eigenvalue weighted by molar-refractivity contribution is 5.82. The van der Waals surface area contributed by atoms with Gasteiger partial charge in [-0.3, -0.25) is 4.79 Å². The van der Waals surface area contributed by atoms with Gasteiger partial charge in [-0.15, -0.1) is 0 Å². The molecule has 1 amide bonds. The van der Waals surface area contributed by atoms with E-state index in [0.29, 0.717) is 6.54 Å². The SMILES string of the molecule is Cc1cccc2nc(CNC(=O)C3CCCN3)n(C)c12. The summed E-state index contributed by atoms with van der Waals surface area (Å²) in [5.74, 6) is 0.965. The van der Waals surface area contributed by atoms with E-state index in [1.807, 2.05) is 19.2 Å². The van der Waals surface area contributed by atoms with E-state index in [2.05, 4.69) is 33.2 Å². The molecule has 0 aliphatic carbocycles. The Kier molecular flexibility index (Phi) is 3.44. The molecule has 5 nitrogen and oxygen atoms in total. The van der Waals surface area contributed by atoms with Crippen LogP contribution in [0, 0.1) is 6.92 Å². The maximum atomic E-state index is 12.0. The first-order chi connectivity index (χ1) is 9.66. The summed E-state index contributed by atoms with van der Waals surface area (Å²) in [6, 6.07) is 6.06. The summed E-state index contributed by atoms with van der Waals surface area (Å²) < 4.78 is 2.06. The van der Waals surface area contributed by atoms with Gasteiger partial charge in [0.05, 0.1) is 23.6 Å². The van der Waals surface area contributed by atoms with Gasteiger partial charge in [-0.05, 0) is 37.9 Å². The summed E-state index contributed by atoms with van der Waals surface area (Å²) in [7, 11) is 2.00. The predicted molar refractivity (Wildman–Crippen MR) is 78.3 cm³/mol. The van der Waals surface area contributed by atoms with Gasteiger partial charge in [0.2, 0.25) is 5.91 Å². The summed E-state index contributed by atoms with van der Waals surface area (Å²) in [4.78, 5) is 16.6. The second-order valence-electron chi connectivity index (χ2n) is 5.40. The summed E-state index contributed by atoms with van der Waals surface area (Å²) in [6.45, 7) is 3.49.